The maximum absolute atomic E-state index is 11.6. The molecule has 3 atom stereocenters. The van der Waals surface area contributed by atoms with Crippen LogP contribution in [0.25, 0.3) is 0 Å². The fourth-order valence-corrected chi connectivity index (χ4v) is 2.77. The van der Waals surface area contributed by atoms with Crippen LogP contribution in [0, 0.1) is 11.8 Å². The molecule has 0 aromatic carbocycles. The molecule has 5 nitrogen and oxygen atoms in total. The number of carbonyl (C=O) groups excluding carboxylic acids is 1. The SMILES string of the molecule is CC(=CCCC(=O)C(O)C(O)C(=O)O)CCCC(C)CCCC(C)C. The molecule has 0 spiro atoms. The molecule has 0 aromatic rings. The van der Waals surface area contributed by atoms with E-state index in [0.29, 0.717) is 6.42 Å². The molecule has 3 unspecified atom stereocenters. The summed E-state index contributed by atoms with van der Waals surface area (Å²) in [6, 6.07) is 0. The molecule has 0 aliphatic rings. The number of hydrogen-bond donors (Lipinski definition) is 3. The van der Waals surface area contributed by atoms with Crippen LogP contribution in [-0.4, -0.2) is 39.3 Å². The number of rotatable bonds is 14. The molecule has 0 fully saturated rings. The van der Waals surface area contributed by atoms with Crippen LogP contribution in [0.3, 0.4) is 0 Å². The largest absolute Gasteiger partial charge is 0.479 e. The molecule has 0 saturated heterocycles. The summed E-state index contributed by atoms with van der Waals surface area (Å²) in [7, 11) is 0. The Balaban J connectivity index is 3.95. The number of carboxylic acids is 1. The highest BCUT2D eigenvalue weighted by Gasteiger charge is 2.28. The van der Waals surface area contributed by atoms with Gasteiger partial charge in [-0.15, -0.1) is 0 Å². The molecular formula is C20H36O5. The van der Waals surface area contributed by atoms with Crippen molar-refractivity contribution in [3.05, 3.63) is 11.6 Å². The average Bonchev–Trinajstić information content (AvgIpc) is 2.52. The third-order valence-electron chi connectivity index (χ3n) is 4.51. The van der Waals surface area contributed by atoms with Gasteiger partial charge in [-0.05, 0) is 38.0 Å². The second-order valence-corrected chi connectivity index (χ2v) is 7.61. The van der Waals surface area contributed by atoms with Crippen LogP contribution in [0.4, 0.5) is 0 Å². The van der Waals surface area contributed by atoms with E-state index < -0.39 is 24.0 Å². The first-order valence-corrected chi connectivity index (χ1v) is 9.42. The first-order chi connectivity index (χ1) is 11.6. The van der Waals surface area contributed by atoms with Gasteiger partial charge >= 0.3 is 5.97 Å². The number of carbonyl (C=O) groups is 2. The second kappa shape index (κ2) is 13.1. The molecule has 3 N–H and O–H groups in total. The summed E-state index contributed by atoms with van der Waals surface area (Å²) in [6.07, 6.45) is 5.73. The quantitative estimate of drug-likeness (QED) is 0.412. The Morgan fingerprint density at radius 3 is 2.08 bits per heavy atom. The Hall–Kier alpha value is -1.20. The van der Waals surface area contributed by atoms with Gasteiger partial charge in [-0.1, -0.05) is 58.1 Å². The van der Waals surface area contributed by atoms with E-state index in [0.717, 1.165) is 24.7 Å². The van der Waals surface area contributed by atoms with Gasteiger partial charge in [-0.3, -0.25) is 4.79 Å². The number of aliphatic hydroxyl groups is 2. The van der Waals surface area contributed by atoms with Crippen molar-refractivity contribution in [2.75, 3.05) is 0 Å². The fourth-order valence-electron chi connectivity index (χ4n) is 2.77. The molecule has 0 bridgehead atoms. The second-order valence-electron chi connectivity index (χ2n) is 7.61. The van der Waals surface area contributed by atoms with E-state index in [-0.39, 0.29) is 6.42 Å². The Morgan fingerprint density at radius 1 is 0.920 bits per heavy atom. The summed E-state index contributed by atoms with van der Waals surface area (Å²) in [4.78, 5) is 22.1. The van der Waals surface area contributed by atoms with E-state index in [1.54, 1.807) is 0 Å². The topological polar surface area (TPSA) is 94.8 Å². The molecule has 5 heteroatoms. The smallest absolute Gasteiger partial charge is 0.335 e. The van der Waals surface area contributed by atoms with E-state index in [4.69, 9.17) is 10.2 Å². The molecule has 0 amide bonds. The maximum Gasteiger partial charge on any atom is 0.335 e. The molecule has 0 aliphatic carbocycles. The minimum absolute atomic E-state index is 0.0362. The minimum Gasteiger partial charge on any atom is -0.479 e. The lowest BCUT2D eigenvalue weighted by Gasteiger charge is -2.13. The van der Waals surface area contributed by atoms with Gasteiger partial charge in [0.2, 0.25) is 0 Å². The predicted molar refractivity (Wildman–Crippen MR) is 99.4 cm³/mol. The lowest BCUT2D eigenvalue weighted by molar-refractivity contribution is -0.157. The van der Waals surface area contributed by atoms with E-state index in [1.807, 2.05) is 13.0 Å². The molecular weight excluding hydrogens is 320 g/mol. The predicted octanol–water partition coefficient (Wildman–Crippen LogP) is 3.72. The van der Waals surface area contributed by atoms with Gasteiger partial charge in [0, 0.05) is 6.42 Å². The Kier molecular flexibility index (Phi) is 12.4. The van der Waals surface area contributed by atoms with Crippen molar-refractivity contribution in [1.82, 2.24) is 0 Å². The van der Waals surface area contributed by atoms with Crippen LogP contribution in [0.15, 0.2) is 11.6 Å². The Morgan fingerprint density at radius 2 is 1.52 bits per heavy atom. The molecule has 0 aromatic heterocycles. The number of Topliss-reactive ketones (excluding diaryl/α,β-unsaturated/α-hetero) is 1. The van der Waals surface area contributed by atoms with Gasteiger partial charge in [0.15, 0.2) is 11.9 Å². The van der Waals surface area contributed by atoms with E-state index in [9.17, 15) is 14.7 Å². The number of aliphatic carboxylic acids is 1. The van der Waals surface area contributed by atoms with Gasteiger partial charge in [-0.2, -0.15) is 0 Å². The van der Waals surface area contributed by atoms with Gasteiger partial charge in [-0.25, -0.2) is 4.79 Å². The first-order valence-electron chi connectivity index (χ1n) is 9.42. The van der Waals surface area contributed by atoms with E-state index >= 15 is 0 Å². The molecule has 146 valence electrons. The lowest BCUT2D eigenvalue weighted by Crippen LogP contribution is -2.39. The van der Waals surface area contributed by atoms with Crippen LogP contribution < -0.4 is 0 Å². The summed E-state index contributed by atoms with van der Waals surface area (Å²) in [6.45, 7) is 8.83. The van der Waals surface area contributed by atoms with Crippen LogP contribution >= 0.6 is 0 Å². The molecule has 25 heavy (non-hydrogen) atoms. The maximum atomic E-state index is 11.6. The van der Waals surface area contributed by atoms with Crippen molar-refractivity contribution >= 4 is 11.8 Å². The summed E-state index contributed by atoms with van der Waals surface area (Å²) in [5, 5.41) is 27.1. The molecule has 0 saturated carbocycles. The van der Waals surface area contributed by atoms with E-state index in [2.05, 4.69) is 20.8 Å². The normalized spacial score (nSPS) is 15.9. The zero-order chi connectivity index (χ0) is 19.4. The zero-order valence-electron chi connectivity index (χ0n) is 16.2. The third kappa shape index (κ3) is 11.9. The highest BCUT2D eigenvalue weighted by atomic mass is 16.4. The number of allylic oxidation sites excluding steroid dienone is 2. The summed E-state index contributed by atoms with van der Waals surface area (Å²) < 4.78 is 0. The van der Waals surface area contributed by atoms with Crippen molar-refractivity contribution in [2.45, 2.75) is 91.3 Å². The average molecular weight is 357 g/mol. The van der Waals surface area contributed by atoms with Crippen molar-refractivity contribution in [1.29, 1.82) is 0 Å². The van der Waals surface area contributed by atoms with Gasteiger partial charge in [0.05, 0.1) is 0 Å². The summed E-state index contributed by atoms with van der Waals surface area (Å²) >= 11 is 0. The highest BCUT2D eigenvalue weighted by Crippen LogP contribution is 2.19. The van der Waals surface area contributed by atoms with Crippen LogP contribution in [0.5, 0.6) is 0 Å². The van der Waals surface area contributed by atoms with Crippen molar-refractivity contribution in [3.63, 3.8) is 0 Å². The summed E-state index contributed by atoms with van der Waals surface area (Å²) in [5.41, 5.74) is 1.20. The van der Waals surface area contributed by atoms with Crippen molar-refractivity contribution < 1.29 is 24.9 Å². The number of hydrogen-bond acceptors (Lipinski definition) is 4. The molecule has 0 heterocycles. The van der Waals surface area contributed by atoms with Crippen LogP contribution in [0.1, 0.15) is 79.1 Å². The Bertz CT molecular complexity index is 428. The standard InChI is InChI=1S/C20H36O5/c1-14(2)8-5-9-15(3)10-6-11-16(4)12-7-13-17(21)18(22)19(23)20(24)25/h12,14-15,18-19,22-23H,5-11,13H2,1-4H3,(H,24,25). The van der Waals surface area contributed by atoms with Crippen molar-refractivity contribution in [2.24, 2.45) is 11.8 Å². The number of aliphatic hydroxyl groups excluding tert-OH is 2. The number of ketones is 1. The number of carboxylic acid groups (broad SMARTS) is 1. The zero-order valence-corrected chi connectivity index (χ0v) is 16.2. The monoisotopic (exact) mass is 356 g/mol. The van der Waals surface area contributed by atoms with Crippen molar-refractivity contribution in [3.8, 4) is 0 Å². The summed E-state index contributed by atoms with van der Waals surface area (Å²) in [5.74, 6) is -0.719. The Labute approximate surface area is 152 Å². The van der Waals surface area contributed by atoms with Gasteiger partial charge in [0.1, 0.15) is 6.10 Å². The highest BCUT2D eigenvalue weighted by molar-refractivity contribution is 5.89. The van der Waals surface area contributed by atoms with Gasteiger partial charge in [0.25, 0.3) is 0 Å². The lowest BCUT2D eigenvalue weighted by atomic mass is 9.94. The molecule has 0 rings (SSSR count). The van der Waals surface area contributed by atoms with Crippen LogP contribution in [0.2, 0.25) is 0 Å². The molecule has 0 radical (unpaired) electrons. The molecule has 0 aliphatic heterocycles. The van der Waals surface area contributed by atoms with Crippen LogP contribution in [-0.2, 0) is 9.59 Å². The van der Waals surface area contributed by atoms with Gasteiger partial charge < -0.3 is 15.3 Å². The fraction of sp³-hybridized carbons (Fsp3) is 0.800. The third-order valence-corrected chi connectivity index (χ3v) is 4.51. The van der Waals surface area contributed by atoms with E-state index in [1.165, 1.54) is 31.3 Å². The minimum atomic E-state index is -2.05. The first kappa shape index (κ1) is 23.8.